The third-order valence-electron chi connectivity index (χ3n) is 6.44. The molecule has 2 aromatic rings. The molecule has 29 heavy (non-hydrogen) atoms. The molecule has 1 aromatic heterocycles. The molecule has 1 fully saturated rings. The Labute approximate surface area is 174 Å². The molecule has 0 atom stereocenters. The van der Waals surface area contributed by atoms with Crippen LogP contribution in [0.2, 0.25) is 0 Å². The summed E-state index contributed by atoms with van der Waals surface area (Å²) in [5.74, 6) is 0. The van der Waals surface area contributed by atoms with E-state index in [1.54, 1.807) is 0 Å². The zero-order valence-corrected chi connectivity index (χ0v) is 17.8. The predicted octanol–water partition coefficient (Wildman–Crippen LogP) is 4.33. The molecule has 0 bridgehead atoms. The third kappa shape index (κ3) is 4.30. The van der Waals surface area contributed by atoms with Crippen LogP contribution in [-0.2, 0) is 12.0 Å². The second kappa shape index (κ2) is 8.15. The average molecular weight is 393 g/mol. The number of carbonyl (C=O) groups excluding carboxylic acids is 1. The minimum absolute atomic E-state index is 0.0194. The summed E-state index contributed by atoms with van der Waals surface area (Å²) in [6, 6.07) is 15.4. The Morgan fingerprint density at radius 2 is 1.86 bits per heavy atom. The number of nitrogens with one attached hydrogen (secondary N) is 1. The molecule has 0 spiro atoms. The van der Waals surface area contributed by atoms with Crippen molar-refractivity contribution in [2.24, 2.45) is 0 Å². The Bertz CT molecular complexity index is 843. The number of pyridine rings is 1. The summed E-state index contributed by atoms with van der Waals surface area (Å²) in [6.45, 7) is 5.97. The fraction of sp³-hybridized carbons (Fsp3) is 0.500. The molecule has 0 saturated heterocycles. The van der Waals surface area contributed by atoms with E-state index in [0.717, 1.165) is 43.6 Å². The van der Waals surface area contributed by atoms with Crippen LogP contribution in [0.1, 0.15) is 50.8 Å². The number of benzene rings is 1. The van der Waals surface area contributed by atoms with Gasteiger partial charge >= 0.3 is 6.03 Å². The Balaban J connectivity index is 1.30. The minimum Gasteiger partial charge on any atom is -0.335 e. The maximum Gasteiger partial charge on any atom is 0.322 e. The summed E-state index contributed by atoms with van der Waals surface area (Å²) in [5.41, 5.74) is 3.22. The predicted molar refractivity (Wildman–Crippen MR) is 117 cm³/mol. The molecule has 1 aliphatic heterocycles. The van der Waals surface area contributed by atoms with Gasteiger partial charge in [0.05, 0.1) is 11.4 Å². The second-order valence-electron chi connectivity index (χ2n) is 9.20. The molecule has 1 aliphatic carbocycles. The number of carbonyl (C=O) groups is 1. The maximum atomic E-state index is 13.0. The summed E-state index contributed by atoms with van der Waals surface area (Å²) < 4.78 is 0. The molecule has 4 rings (SSSR count). The highest BCUT2D eigenvalue weighted by Crippen LogP contribution is 2.38. The number of fused-ring (bicyclic) bond motifs is 1. The summed E-state index contributed by atoms with van der Waals surface area (Å²) >= 11 is 0. The van der Waals surface area contributed by atoms with Gasteiger partial charge < -0.3 is 5.32 Å². The molecule has 154 valence electrons. The zero-order chi connectivity index (χ0) is 20.4. The lowest BCUT2D eigenvalue weighted by Crippen LogP contribution is -2.48. The van der Waals surface area contributed by atoms with E-state index in [-0.39, 0.29) is 17.5 Å². The van der Waals surface area contributed by atoms with Crippen molar-refractivity contribution >= 4 is 11.7 Å². The molecule has 1 N–H and O–H groups in total. The van der Waals surface area contributed by atoms with E-state index in [4.69, 9.17) is 0 Å². The molecule has 1 saturated carbocycles. The van der Waals surface area contributed by atoms with E-state index >= 15 is 0 Å². The van der Waals surface area contributed by atoms with Crippen LogP contribution in [-0.4, -0.2) is 41.6 Å². The van der Waals surface area contributed by atoms with Crippen molar-refractivity contribution in [1.29, 1.82) is 0 Å². The normalized spacial score (nSPS) is 23.1. The lowest BCUT2D eigenvalue weighted by atomic mass is 9.90. The Hall–Kier alpha value is -2.40. The fourth-order valence-electron chi connectivity index (χ4n) is 4.79. The van der Waals surface area contributed by atoms with E-state index in [0.29, 0.717) is 12.6 Å². The number of amides is 2. The van der Waals surface area contributed by atoms with Crippen LogP contribution in [0.4, 0.5) is 10.5 Å². The van der Waals surface area contributed by atoms with Crippen molar-refractivity contribution in [3.63, 3.8) is 0 Å². The molecule has 2 heterocycles. The molecular formula is C24H32N4O. The van der Waals surface area contributed by atoms with Crippen LogP contribution in [0.5, 0.6) is 0 Å². The van der Waals surface area contributed by atoms with Crippen LogP contribution in [0.15, 0.2) is 48.7 Å². The lowest BCUT2D eigenvalue weighted by molar-refractivity contribution is 0.168. The SMILES string of the molecule is CN(Cc1ccccc1)[C@H]1CC[C@H](NC(=O)N2CC(C)(C)c3ncccc32)CC1. The lowest BCUT2D eigenvalue weighted by Gasteiger charge is -2.35. The first-order chi connectivity index (χ1) is 13.9. The van der Waals surface area contributed by atoms with Gasteiger partial charge in [0, 0.05) is 36.8 Å². The summed E-state index contributed by atoms with van der Waals surface area (Å²) in [5, 5.41) is 3.29. The van der Waals surface area contributed by atoms with E-state index in [9.17, 15) is 4.79 Å². The van der Waals surface area contributed by atoms with Gasteiger partial charge in [0.15, 0.2) is 0 Å². The molecular weight excluding hydrogens is 360 g/mol. The number of anilines is 1. The minimum atomic E-state index is -0.105. The van der Waals surface area contributed by atoms with Crippen molar-refractivity contribution in [2.75, 3.05) is 18.5 Å². The van der Waals surface area contributed by atoms with Gasteiger partial charge in [-0.05, 0) is 50.4 Å². The smallest absolute Gasteiger partial charge is 0.322 e. The molecule has 5 nitrogen and oxygen atoms in total. The zero-order valence-electron chi connectivity index (χ0n) is 17.8. The number of nitrogens with zero attached hydrogens (tertiary/aromatic N) is 3. The highest BCUT2D eigenvalue weighted by Gasteiger charge is 2.39. The van der Waals surface area contributed by atoms with Crippen molar-refractivity contribution in [3.05, 3.63) is 59.9 Å². The van der Waals surface area contributed by atoms with Crippen molar-refractivity contribution in [1.82, 2.24) is 15.2 Å². The van der Waals surface area contributed by atoms with Gasteiger partial charge in [-0.25, -0.2) is 4.79 Å². The third-order valence-corrected chi connectivity index (χ3v) is 6.44. The van der Waals surface area contributed by atoms with Gasteiger partial charge in [0.25, 0.3) is 0 Å². The summed E-state index contributed by atoms with van der Waals surface area (Å²) in [4.78, 5) is 21.9. The van der Waals surface area contributed by atoms with E-state index < -0.39 is 0 Å². The molecule has 1 aromatic carbocycles. The van der Waals surface area contributed by atoms with Crippen LogP contribution in [0, 0.1) is 0 Å². The summed E-state index contributed by atoms with van der Waals surface area (Å²) in [7, 11) is 2.22. The molecule has 0 radical (unpaired) electrons. The number of urea groups is 1. The highest BCUT2D eigenvalue weighted by atomic mass is 16.2. The molecule has 5 heteroatoms. The molecule has 2 aliphatic rings. The Morgan fingerprint density at radius 3 is 2.59 bits per heavy atom. The van der Waals surface area contributed by atoms with Gasteiger partial charge in [-0.1, -0.05) is 44.2 Å². The van der Waals surface area contributed by atoms with Crippen LogP contribution in [0.25, 0.3) is 0 Å². The Morgan fingerprint density at radius 1 is 1.14 bits per heavy atom. The van der Waals surface area contributed by atoms with Crippen molar-refractivity contribution in [2.45, 2.75) is 63.6 Å². The number of rotatable bonds is 4. The second-order valence-corrected chi connectivity index (χ2v) is 9.20. The first-order valence-corrected chi connectivity index (χ1v) is 10.7. The largest absolute Gasteiger partial charge is 0.335 e. The monoisotopic (exact) mass is 392 g/mol. The number of aromatic nitrogens is 1. The highest BCUT2D eigenvalue weighted by molar-refractivity contribution is 5.94. The van der Waals surface area contributed by atoms with Gasteiger partial charge in [0.1, 0.15) is 0 Å². The first-order valence-electron chi connectivity index (χ1n) is 10.7. The number of hydrogen-bond acceptors (Lipinski definition) is 3. The van der Waals surface area contributed by atoms with Crippen LogP contribution >= 0.6 is 0 Å². The standard InChI is InChI=1S/C24H32N4O/c1-24(2)17-28(21-10-7-15-25-22(21)24)23(29)26-19-11-13-20(14-12-19)27(3)16-18-8-5-4-6-9-18/h4-10,15,19-20H,11-14,16-17H2,1-3H3,(H,26,29)/t19-,20-. The Kier molecular flexibility index (Phi) is 5.59. The van der Waals surface area contributed by atoms with Crippen LogP contribution in [0.3, 0.4) is 0 Å². The van der Waals surface area contributed by atoms with Gasteiger partial charge in [-0.15, -0.1) is 0 Å². The van der Waals surface area contributed by atoms with E-state index in [1.807, 2.05) is 23.2 Å². The fourth-order valence-corrected chi connectivity index (χ4v) is 4.79. The topological polar surface area (TPSA) is 48.5 Å². The first kappa shape index (κ1) is 19.9. The van der Waals surface area contributed by atoms with Crippen molar-refractivity contribution < 1.29 is 4.79 Å². The molecule has 2 amide bonds. The molecule has 0 unspecified atom stereocenters. The van der Waals surface area contributed by atoms with Crippen LogP contribution < -0.4 is 10.2 Å². The summed E-state index contributed by atoms with van der Waals surface area (Å²) in [6.07, 6.45) is 6.13. The van der Waals surface area contributed by atoms with Gasteiger partial charge in [0.2, 0.25) is 0 Å². The van der Waals surface area contributed by atoms with E-state index in [2.05, 4.69) is 66.4 Å². The number of hydrogen-bond donors (Lipinski definition) is 1. The van der Waals surface area contributed by atoms with E-state index in [1.165, 1.54) is 5.56 Å². The van der Waals surface area contributed by atoms with Gasteiger partial charge in [-0.3, -0.25) is 14.8 Å². The van der Waals surface area contributed by atoms with Crippen molar-refractivity contribution in [3.8, 4) is 0 Å². The maximum absolute atomic E-state index is 13.0. The average Bonchev–Trinajstić information content (AvgIpc) is 3.01. The van der Waals surface area contributed by atoms with Gasteiger partial charge in [-0.2, -0.15) is 0 Å². The quantitative estimate of drug-likeness (QED) is 0.842.